The number of likely N-dealkylation sites (tertiary alicyclic amines) is 1. The van der Waals surface area contributed by atoms with Crippen molar-refractivity contribution in [1.82, 2.24) is 24.6 Å². The van der Waals surface area contributed by atoms with Crippen LogP contribution in [0.3, 0.4) is 0 Å². The lowest BCUT2D eigenvalue weighted by atomic mass is 10.1. The van der Waals surface area contributed by atoms with Gasteiger partial charge in [-0.05, 0) is 64.3 Å². The van der Waals surface area contributed by atoms with Crippen LogP contribution in [0.1, 0.15) is 45.2 Å². The normalized spacial score (nSPS) is 15.3. The van der Waals surface area contributed by atoms with Crippen molar-refractivity contribution in [2.75, 3.05) is 24.1 Å². The Kier molecular flexibility index (Phi) is 6.58. The second kappa shape index (κ2) is 9.33. The van der Waals surface area contributed by atoms with Crippen molar-refractivity contribution in [2.45, 2.75) is 52.2 Å². The van der Waals surface area contributed by atoms with Gasteiger partial charge in [0.05, 0.1) is 24.2 Å². The van der Waals surface area contributed by atoms with Crippen molar-refractivity contribution < 1.29 is 22.7 Å². The minimum absolute atomic E-state index is 0.0810. The van der Waals surface area contributed by atoms with Crippen LogP contribution in [0, 0.1) is 6.92 Å². The van der Waals surface area contributed by atoms with Gasteiger partial charge in [-0.3, -0.25) is 4.72 Å². The molecule has 1 amide bonds. The first-order valence-electron chi connectivity index (χ1n) is 11.3. The van der Waals surface area contributed by atoms with Crippen molar-refractivity contribution in [3.05, 3.63) is 36.3 Å². The number of carbonyl (C=O) groups excluding carboxylic acids is 1. The summed E-state index contributed by atoms with van der Waals surface area (Å²) >= 11 is 0. The maximum atomic E-state index is 12.4. The molecule has 12 heteroatoms. The van der Waals surface area contributed by atoms with Gasteiger partial charge in [0.25, 0.3) is 0 Å². The monoisotopic (exact) mass is 502 g/mol. The van der Waals surface area contributed by atoms with Crippen LogP contribution in [0.2, 0.25) is 0 Å². The molecule has 0 radical (unpaired) electrons. The van der Waals surface area contributed by atoms with E-state index in [0.717, 1.165) is 19.1 Å². The molecule has 188 valence electrons. The number of benzene rings is 1. The molecule has 4 rings (SSSR count). The number of aromatic nitrogens is 4. The van der Waals surface area contributed by atoms with E-state index < -0.39 is 15.6 Å². The van der Waals surface area contributed by atoms with Gasteiger partial charge in [-0.1, -0.05) is 0 Å². The van der Waals surface area contributed by atoms with Gasteiger partial charge in [0.2, 0.25) is 15.9 Å². The molecule has 1 aliphatic rings. The van der Waals surface area contributed by atoms with Crippen molar-refractivity contribution in [2.24, 2.45) is 0 Å². The van der Waals surface area contributed by atoms with Crippen molar-refractivity contribution >= 4 is 32.8 Å². The number of anilines is 1. The number of nitrogens with zero attached hydrogens (tertiary/aromatic N) is 5. The van der Waals surface area contributed by atoms with E-state index in [2.05, 4.69) is 19.8 Å². The standard InChI is InChI=1S/C23H30N6O5S/c1-15-12-17(6-7-19(15)27-35(5,31)32)33-21-18-13-26-29(20(18)24-14-25-21)16-8-10-28(11-9-16)22(30)34-23(2,3)4/h6-7,12-14,16,27H,8-11H2,1-5H3. The molecule has 1 fully saturated rings. The average molecular weight is 503 g/mol. The third-order valence-electron chi connectivity index (χ3n) is 5.52. The van der Waals surface area contributed by atoms with E-state index in [0.29, 0.717) is 47.0 Å². The molecule has 0 bridgehead atoms. The summed E-state index contributed by atoms with van der Waals surface area (Å²) in [4.78, 5) is 22.8. The van der Waals surface area contributed by atoms with Gasteiger partial charge in [-0.2, -0.15) is 5.10 Å². The number of rotatable bonds is 5. The smallest absolute Gasteiger partial charge is 0.410 e. The van der Waals surface area contributed by atoms with Gasteiger partial charge in [0.1, 0.15) is 23.1 Å². The van der Waals surface area contributed by atoms with Crippen LogP contribution in [-0.4, -0.2) is 64.1 Å². The Bertz CT molecular complexity index is 1340. The highest BCUT2D eigenvalue weighted by molar-refractivity contribution is 7.92. The average Bonchev–Trinajstić information content (AvgIpc) is 3.19. The molecule has 1 saturated heterocycles. The number of carbonyl (C=O) groups is 1. The largest absolute Gasteiger partial charge is 0.444 e. The van der Waals surface area contributed by atoms with Gasteiger partial charge in [-0.25, -0.2) is 27.9 Å². The second-order valence-corrected chi connectivity index (χ2v) is 11.4. The van der Waals surface area contributed by atoms with E-state index in [1.807, 2.05) is 25.5 Å². The van der Waals surface area contributed by atoms with Gasteiger partial charge in [0, 0.05) is 13.1 Å². The molecule has 35 heavy (non-hydrogen) atoms. The molecule has 1 N–H and O–H groups in total. The number of sulfonamides is 1. The lowest BCUT2D eigenvalue weighted by Gasteiger charge is -2.33. The number of nitrogens with one attached hydrogen (secondary N) is 1. The first kappa shape index (κ1) is 24.7. The summed E-state index contributed by atoms with van der Waals surface area (Å²) in [6.45, 7) is 8.50. The maximum absolute atomic E-state index is 12.4. The molecule has 0 aliphatic carbocycles. The fourth-order valence-electron chi connectivity index (χ4n) is 3.93. The zero-order chi connectivity index (χ0) is 25.4. The highest BCUT2D eigenvalue weighted by Gasteiger charge is 2.29. The van der Waals surface area contributed by atoms with E-state index in [1.165, 1.54) is 6.33 Å². The Hall–Kier alpha value is -3.41. The second-order valence-electron chi connectivity index (χ2n) is 9.66. The summed E-state index contributed by atoms with van der Waals surface area (Å²) in [5.74, 6) is 0.871. The fourth-order valence-corrected chi connectivity index (χ4v) is 4.56. The number of amides is 1. The van der Waals surface area contributed by atoms with Crippen molar-refractivity contribution in [3.63, 3.8) is 0 Å². The molecular weight excluding hydrogens is 472 g/mol. The third-order valence-corrected chi connectivity index (χ3v) is 6.12. The molecule has 0 atom stereocenters. The number of fused-ring (bicyclic) bond motifs is 1. The number of ether oxygens (including phenoxy) is 2. The van der Waals surface area contributed by atoms with E-state index >= 15 is 0 Å². The highest BCUT2D eigenvalue weighted by atomic mass is 32.2. The molecule has 0 spiro atoms. The molecule has 1 aromatic carbocycles. The summed E-state index contributed by atoms with van der Waals surface area (Å²) in [6.07, 6.45) is 5.37. The maximum Gasteiger partial charge on any atom is 0.410 e. The van der Waals surface area contributed by atoms with Crippen LogP contribution < -0.4 is 9.46 Å². The molecule has 2 aromatic heterocycles. The number of aryl methyl sites for hydroxylation is 1. The SMILES string of the molecule is Cc1cc(Oc2ncnc3c2cnn3C2CCN(C(=O)OC(C)(C)C)CC2)ccc1NS(C)(=O)=O. The zero-order valence-electron chi connectivity index (χ0n) is 20.5. The summed E-state index contributed by atoms with van der Waals surface area (Å²) in [6, 6.07) is 5.13. The Morgan fingerprint density at radius 3 is 2.51 bits per heavy atom. The van der Waals surface area contributed by atoms with Crippen LogP contribution >= 0.6 is 0 Å². The summed E-state index contributed by atoms with van der Waals surface area (Å²) < 4.78 is 38.9. The molecule has 0 saturated carbocycles. The topological polar surface area (TPSA) is 129 Å². The van der Waals surface area contributed by atoms with Gasteiger partial charge < -0.3 is 14.4 Å². The van der Waals surface area contributed by atoms with Crippen LogP contribution in [0.25, 0.3) is 11.0 Å². The molecule has 3 aromatic rings. The number of piperidine rings is 1. The third kappa shape index (κ3) is 5.99. The van der Waals surface area contributed by atoms with Gasteiger partial charge in [-0.15, -0.1) is 0 Å². The van der Waals surface area contributed by atoms with Crippen LogP contribution in [-0.2, 0) is 14.8 Å². The van der Waals surface area contributed by atoms with Crippen molar-refractivity contribution in [1.29, 1.82) is 0 Å². The Balaban J connectivity index is 1.49. The van der Waals surface area contributed by atoms with E-state index in [4.69, 9.17) is 9.47 Å². The lowest BCUT2D eigenvalue weighted by Crippen LogP contribution is -2.42. The van der Waals surface area contributed by atoms with E-state index in [-0.39, 0.29) is 12.1 Å². The summed E-state index contributed by atoms with van der Waals surface area (Å²) in [5.41, 5.74) is 1.32. The van der Waals surface area contributed by atoms with E-state index in [1.54, 1.807) is 36.2 Å². The zero-order valence-corrected chi connectivity index (χ0v) is 21.3. The quantitative estimate of drug-likeness (QED) is 0.557. The predicted octanol–water partition coefficient (Wildman–Crippen LogP) is 3.87. The first-order valence-corrected chi connectivity index (χ1v) is 13.2. The number of hydrogen-bond acceptors (Lipinski definition) is 8. The van der Waals surface area contributed by atoms with Gasteiger partial charge in [0.15, 0.2) is 5.65 Å². The molecular formula is C23H30N6O5S. The first-order chi connectivity index (χ1) is 16.4. The highest BCUT2D eigenvalue weighted by Crippen LogP contribution is 2.32. The van der Waals surface area contributed by atoms with Gasteiger partial charge >= 0.3 is 6.09 Å². The summed E-state index contributed by atoms with van der Waals surface area (Å²) in [7, 11) is -3.38. The molecule has 1 aliphatic heterocycles. The Morgan fingerprint density at radius 2 is 1.89 bits per heavy atom. The minimum atomic E-state index is -3.38. The summed E-state index contributed by atoms with van der Waals surface area (Å²) in [5, 5.41) is 5.21. The number of hydrogen-bond donors (Lipinski definition) is 1. The molecule has 11 nitrogen and oxygen atoms in total. The lowest BCUT2D eigenvalue weighted by molar-refractivity contribution is 0.0186. The Morgan fingerprint density at radius 1 is 1.17 bits per heavy atom. The van der Waals surface area contributed by atoms with Crippen LogP contribution in [0.15, 0.2) is 30.7 Å². The molecule has 3 heterocycles. The van der Waals surface area contributed by atoms with Crippen LogP contribution in [0.4, 0.5) is 10.5 Å². The minimum Gasteiger partial charge on any atom is -0.444 e. The molecule has 0 unspecified atom stereocenters. The Labute approximate surface area is 204 Å². The van der Waals surface area contributed by atoms with E-state index in [9.17, 15) is 13.2 Å². The van der Waals surface area contributed by atoms with Crippen LogP contribution in [0.5, 0.6) is 11.6 Å². The fraction of sp³-hybridized carbons (Fsp3) is 0.478. The van der Waals surface area contributed by atoms with Crippen molar-refractivity contribution in [3.8, 4) is 11.6 Å². The predicted molar refractivity (Wildman–Crippen MR) is 131 cm³/mol.